The van der Waals surface area contributed by atoms with Gasteiger partial charge in [0.05, 0.1) is 9.83 Å². The fourth-order valence-electron chi connectivity index (χ4n) is 2.55. The van der Waals surface area contributed by atoms with E-state index >= 15 is 0 Å². The molecule has 3 rings (SSSR count). The molecule has 0 atom stereocenters. The van der Waals surface area contributed by atoms with Crippen LogP contribution in [0.1, 0.15) is 5.56 Å². The molecule has 0 saturated carbocycles. The lowest BCUT2D eigenvalue weighted by Crippen LogP contribution is -2.27. The number of thiocarbonyl (C=S) groups is 1. The smallest absolute Gasteiger partial charge is 0.346 e. The third-order valence-electron chi connectivity index (χ3n) is 3.90. The number of nitro benzene ring substituents is 1. The van der Waals surface area contributed by atoms with Gasteiger partial charge in [0.1, 0.15) is 10.1 Å². The summed E-state index contributed by atoms with van der Waals surface area (Å²) in [6.45, 7) is 3.91. The topological polar surface area (TPSA) is 107 Å². The van der Waals surface area contributed by atoms with Crippen molar-refractivity contribution < 1.29 is 22.3 Å². The standard InChI is InChI=1S/C19H14N2O6S3/c1-2-11-20-18(22)16(29-19(20)28)12-13-7-9-14(10-8-13)27-30(25,26)17-6-4-3-5-15(17)21(23)24/h2-10,12H,1,11H2. The predicted molar refractivity (Wildman–Crippen MR) is 117 cm³/mol. The number of thioether (sulfide) groups is 1. The first-order valence-electron chi connectivity index (χ1n) is 8.37. The minimum Gasteiger partial charge on any atom is -0.379 e. The van der Waals surface area contributed by atoms with E-state index in [9.17, 15) is 23.3 Å². The number of rotatable bonds is 7. The predicted octanol–water partition coefficient (Wildman–Crippen LogP) is 3.75. The van der Waals surface area contributed by atoms with E-state index in [0.29, 0.717) is 21.3 Å². The van der Waals surface area contributed by atoms with Gasteiger partial charge >= 0.3 is 10.1 Å². The Morgan fingerprint density at radius 3 is 2.50 bits per heavy atom. The van der Waals surface area contributed by atoms with Crippen molar-refractivity contribution >= 4 is 56.1 Å². The van der Waals surface area contributed by atoms with Gasteiger partial charge < -0.3 is 4.18 Å². The number of nitrogens with zero attached hydrogens (tertiary/aromatic N) is 2. The van der Waals surface area contributed by atoms with Gasteiger partial charge in [0.2, 0.25) is 0 Å². The Kier molecular flexibility index (Phi) is 6.34. The molecule has 0 radical (unpaired) electrons. The molecule has 30 heavy (non-hydrogen) atoms. The fraction of sp³-hybridized carbons (Fsp3) is 0.0526. The number of nitro groups is 1. The highest BCUT2D eigenvalue weighted by molar-refractivity contribution is 8.26. The zero-order chi connectivity index (χ0) is 21.9. The number of hydrogen-bond acceptors (Lipinski definition) is 8. The van der Waals surface area contributed by atoms with Crippen LogP contribution in [0.5, 0.6) is 5.75 Å². The van der Waals surface area contributed by atoms with Crippen LogP contribution in [0.3, 0.4) is 0 Å². The first-order valence-corrected chi connectivity index (χ1v) is 11.0. The molecule has 0 spiro atoms. The van der Waals surface area contributed by atoms with Crippen LogP contribution in [0.15, 0.2) is 71.0 Å². The second-order valence-electron chi connectivity index (χ2n) is 5.91. The van der Waals surface area contributed by atoms with Crippen LogP contribution in [0, 0.1) is 10.1 Å². The van der Waals surface area contributed by atoms with E-state index in [2.05, 4.69) is 6.58 Å². The Bertz CT molecular complexity index is 1170. The van der Waals surface area contributed by atoms with E-state index in [1.54, 1.807) is 24.3 Å². The Hall–Kier alpha value is -3.02. The number of para-hydroxylation sites is 1. The summed E-state index contributed by atoms with van der Waals surface area (Å²) >= 11 is 6.34. The fourth-order valence-corrected chi connectivity index (χ4v) is 4.92. The summed E-state index contributed by atoms with van der Waals surface area (Å²) in [6, 6.07) is 10.8. The van der Waals surface area contributed by atoms with Crippen LogP contribution < -0.4 is 4.18 Å². The maximum absolute atomic E-state index is 12.5. The van der Waals surface area contributed by atoms with Crippen molar-refractivity contribution in [3.8, 4) is 5.75 Å². The summed E-state index contributed by atoms with van der Waals surface area (Å²) in [5.41, 5.74) is 0.0558. The second kappa shape index (κ2) is 8.78. The van der Waals surface area contributed by atoms with Crippen LogP contribution in [-0.4, -0.2) is 35.0 Å². The molecular weight excluding hydrogens is 448 g/mol. The first-order chi connectivity index (χ1) is 14.2. The molecule has 1 heterocycles. The number of carbonyl (C=O) groups excluding carboxylic acids is 1. The lowest BCUT2D eigenvalue weighted by molar-refractivity contribution is -0.387. The molecule has 1 aliphatic heterocycles. The number of carbonyl (C=O) groups is 1. The Morgan fingerprint density at radius 1 is 1.20 bits per heavy atom. The summed E-state index contributed by atoms with van der Waals surface area (Å²) in [7, 11) is -4.40. The van der Waals surface area contributed by atoms with Crippen molar-refractivity contribution in [1.29, 1.82) is 0 Å². The van der Waals surface area contributed by atoms with Crippen molar-refractivity contribution in [2.75, 3.05) is 6.54 Å². The molecule has 154 valence electrons. The van der Waals surface area contributed by atoms with Crippen molar-refractivity contribution in [3.63, 3.8) is 0 Å². The molecule has 1 amide bonds. The van der Waals surface area contributed by atoms with Gasteiger partial charge in [-0.05, 0) is 29.8 Å². The molecular formula is C19H14N2O6S3. The molecule has 0 aliphatic carbocycles. The average Bonchev–Trinajstić information content (AvgIpc) is 2.97. The van der Waals surface area contributed by atoms with Crippen molar-refractivity contribution in [2.24, 2.45) is 0 Å². The van der Waals surface area contributed by atoms with Gasteiger partial charge in [-0.25, -0.2) is 0 Å². The number of benzene rings is 2. The zero-order valence-corrected chi connectivity index (χ0v) is 17.7. The maximum atomic E-state index is 12.5. The molecule has 2 aromatic carbocycles. The highest BCUT2D eigenvalue weighted by atomic mass is 32.2. The quantitative estimate of drug-likeness (QED) is 0.153. The monoisotopic (exact) mass is 462 g/mol. The zero-order valence-electron chi connectivity index (χ0n) is 15.3. The summed E-state index contributed by atoms with van der Waals surface area (Å²) in [5, 5.41) is 11.1. The third kappa shape index (κ3) is 4.58. The van der Waals surface area contributed by atoms with Gasteiger partial charge in [0.25, 0.3) is 11.6 Å². The number of amides is 1. The Labute approximate surface area is 182 Å². The number of hydrogen-bond donors (Lipinski definition) is 0. The lowest BCUT2D eigenvalue weighted by atomic mass is 10.2. The Morgan fingerprint density at radius 2 is 1.87 bits per heavy atom. The van der Waals surface area contributed by atoms with Gasteiger partial charge in [-0.2, -0.15) is 8.42 Å². The van der Waals surface area contributed by atoms with E-state index in [4.69, 9.17) is 16.4 Å². The second-order valence-corrected chi connectivity index (χ2v) is 9.10. The minimum atomic E-state index is -4.40. The van der Waals surface area contributed by atoms with Crippen LogP contribution in [0.25, 0.3) is 6.08 Å². The van der Waals surface area contributed by atoms with Gasteiger partial charge in [0, 0.05) is 12.6 Å². The van der Waals surface area contributed by atoms with Crippen LogP contribution >= 0.6 is 24.0 Å². The Balaban J connectivity index is 1.80. The molecule has 11 heteroatoms. The van der Waals surface area contributed by atoms with E-state index in [-0.39, 0.29) is 11.7 Å². The lowest BCUT2D eigenvalue weighted by Gasteiger charge is -2.10. The molecule has 1 saturated heterocycles. The minimum absolute atomic E-state index is 0.0236. The largest absolute Gasteiger partial charge is 0.379 e. The van der Waals surface area contributed by atoms with Gasteiger partial charge in [-0.3, -0.25) is 19.8 Å². The van der Waals surface area contributed by atoms with E-state index in [0.717, 1.165) is 23.9 Å². The van der Waals surface area contributed by atoms with Crippen molar-refractivity contribution in [1.82, 2.24) is 4.90 Å². The maximum Gasteiger partial charge on any atom is 0.346 e. The van der Waals surface area contributed by atoms with Crippen LogP contribution in [0.2, 0.25) is 0 Å². The normalized spacial score (nSPS) is 15.5. The van der Waals surface area contributed by atoms with E-state index in [1.165, 1.54) is 29.2 Å². The van der Waals surface area contributed by atoms with Gasteiger partial charge in [0.15, 0.2) is 4.90 Å². The van der Waals surface area contributed by atoms with E-state index in [1.807, 2.05) is 0 Å². The van der Waals surface area contributed by atoms with Crippen LogP contribution in [0.4, 0.5) is 5.69 Å². The van der Waals surface area contributed by atoms with E-state index < -0.39 is 25.6 Å². The highest BCUT2D eigenvalue weighted by Crippen LogP contribution is 2.33. The van der Waals surface area contributed by atoms with Gasteiger partial charge in [-0.15, -0.1) is 6.58 Å². The van der Waals surface area contributed by atoms with Crippen LogP contribution in [-0.2, 0) is 14.9 Å². The van der Waals surface area contributed by atoms with Gasteiger partial charge in [-0.1, -0.05) is 54.3 Å². The summed E-state index contributed by atoms with van der Waals surface area (Å²) in [5.74, 6) is -0.256. The first kappa shape index (κ1) is 21.7. The summed E-state index contributed by atoms with van der Waals surface area (Å²) in [4.78, 5) is 24.0. The average molecular weight is 463 g/mol. The molecule has 2 aromatic rings. The molecule has 1 fully saturated rings. The summed E-state index contributed by atoms with van der Waals surface area (Å²) in [6.07, 6.45) is 3.21. The molecule has 8 nitrogen and oxygen atoms in total. The summed E-state index contributed by atoms with van der Waals surface area (Å²) < 4.78 is 30.4. The highest BCUT2D eigenvalue weighted by Gasteiger charge is 2.31. The third-order valence-corrected chi connectivity index (χ3v) is 6.57. The SMILES string of the molecule is C=CCN1C(=O)C(=Cc2ccc(OS(=O)(=O)c3ccccc3[N+](=O)[O-])cc2)SC1=S. The molecule has 1 aliphatic rings. The van der Waals surface area contributed by atoms with Crippen molar-refractivity contribution in [2.45, 2.75) is 4.90 Å². The molecule has 0 aromatic heterocycles. The molecule has 0 bridgehead atoms. The molecule has 0 unspecified atom stereocenters. The molecule has 0 N–H and O–H groups in total. The van der Waals surface area contributed by atoms with Crippen molar-refractivity contribution in [3.05, 3.63) is 81.8 Å².